The van der Waals surface area contributed by atoms with Crippen molar-refractivity contribution < 1.29 is 14.3 Å². The van der Waals surface area contributed by atoms with E-state index in [2.05, 4.69) is 12.2 Å². The Hall–Kier alpha value is -1.29. The van der Waals surface area contributed by atoms with Crippen molar-refractivity contribution in [2.75, 3.05) is 6.54 Å². The van der Waals surface area contributed by atoms with E-state index in [1.165, 1.54) is 12.5 Å². The lowest BCUT2D eigenvalue weighted by Gasteiger charge is -2.34. The van der Waals surface area contributed by atoms with E-state index in [0.29, 0.717) is 18.0 Å². The van der Waals surface area contributed by atoms with Gasteiger partial charge >= 0.3 is 0 Å². The molecule has 17 heavy (non-hydrogen) atoms. The molecule has 1 aromatic heterocycles. The maximum absolute atomic E-state index is 11.7. The van der Waals surface area contributed by atoms with Crippen molar-refractivity contribution in [1.29, 1.82) is 0 Å². The number of nitrogens with one attached hydrogen (secondary N) is 1. The van der Waals surface area contributed by atoms with E-state index < -0.39 is 5.60 Å². The molecule has 0 radical (unpaired) electrons. The van der Waals surface area contributed by atoms with Gasteiger partial charge in [-0.2, -0.15) is 0 Å². The lowest BCUT2D eigenvalue weighted by atomic mass is 9.79. The van der Waals surface area contributed by atoms with Gasteiger partial charge in [0.1, 0.15) is 6.26 Å². The number of carbonyl (C=O) groups is 1. The maximum Gasteiger partial charge on any atom is 0.254 e. The van der Waals surface area contributed by atoms with Gasteiger partial charge in [0.15, 0.2) is 0 Å². The van der Waals surface area contributed by atoms with E-state index in [1.54, 1.807) is 6.07 Å². The fourth-order valence-electron chi connectivity index (χ4n) is 2.22. The van der Waals surface area contributed by atoms with Gasteiger partial charge in [0, 0.05) is 6.54 Å². The fraction of sp³-hybridized carbons (Fsp3) is 0.615. The summed E-state index contributed by atoms with van der Waals surface area (Å²) < 4.78 is 4.84. The van der Waals surface area contributed by atoms with E-state index >= 15 is 0 Å². The van der Waals surface area contributed by atoms with Crippen molar-refractivity contribution in [3.05, 3.63) is 24.2 Å². The Labute approximate surface area is 101 Å². The molecule has 1 fully saturated rings. The van der Waals surface area contributed by atoms with Crippen LogP contribution in [0.5, 0.6) is 0 Å². The minimum Gasteiger partial charge on any atom is -0.472 e. The first-order valence-corrected chi connectivity index (χ1v) is 6.12. The summed E-state index contributed by atoms with van der Waals surface area (Å²) in [7, 11) is 0. The molecule has 94 valence electrons. The lowest BCUT2D eigenvalue weighted by Crippen LogP contribution is -2.45. The molecule has 1 aromatic rings. The van der Waals surface area contributed by atoms with E-state index in [0.717, 1.165) is 25.7 Å². The average molecular weight is 237 g/mol. The Morgan fingerprint density at radius 2 is 2.29 bits per heavy atom. The topological polar surface area (TPSA) is 62.5 Å². The van der Waals surface area contributed by atoms with Crippen LogP contribution < -0.4 is 5.32 Å². The molecule has 0 aliphatic heterocycles. The SMILES string of the molecule is CC1CCC(O)(CNC(=O)c2ccoc2)CC1. The first-order valence-electron chi connectivity index (χ1n) is 6.12. The molecule has 0 atom stereocenters. The van der Waals surface area contributed by atoms with Crippen LogP contribution in [0.3, 0.4) is 0 Å². The van der Waals surface area contributed by atoms with Gasteiger partial charge in [-0.05, 0) is 37.7 Å². The molecule has 0 saturated heterocycles. The number of furan rings is 1. The molecule has 1 amide bonds. The summed E-state index contributed by atoms with van der Waals surface area (Å²) in [5.74, 6) is 0.491. The van der Waals surface area contributed by atoms with Crippen LogP contribution in [0.2, 0.25) is 0 Å². The van der Waals surface area contributed by atoms with Gasteiger partial charge < -0.3 is 14.8 Å². The van der Waals surface area contributed by atoms with Crippen molar-refractivity contribution >= 4 is 5.91 Å². The van der Waals surface area contributed by atoms with Crippen LogP contribution in [-0.2, 0) is 0 Å². The Morgan fingerprint density at radius 3 is 2.88 bits per heavy atom. The summed E-state index contributed by atoms with van der Waals surface area (Å²) in [6.07, 6.45) is 6.45. The molecule has 2 N–H and O–H groups in total. The molecule has 1 heterocycles. The smallest absolute Gasteiger partial charge is 0.254 e. The largest absolute Gasteiger partial charge is 0.472 e. The number of rotatable bonds is 3. The highest BCUT2D eigenvalue weighted by Crippen LogP contribution is 2.31. The van der Waals surface area contributed by atoms with E-state index in [4.69, 9.17) is 4.42 Å². The molecule has 4 nitrogen and oxygen atoms in total. The number of amides is 1. The molecule has 0 unspecified atom stereocenters. The van der Waals surface area contributed by atoms with Crippen LogP contribution in [0.25, 0.3) is 0 Å². The molecule has 0 spiro atoms. The van der Waals surface area contributed by atoms with E-state index in [9.17, 15) is 9.90 Å². The quantitative estimate of drug-likeness (QED) is 0.844. The second-order valence-corrected chi connectivity index (χ2v) is 5.10. The van der Waals surface area contributed by atoms with E-state index in [-0.39, 0.29) is 5.91 Å². The third-order valence-electron chi connectivity index (χ3n) is 3.57. The number of hydrogen-bond acceptors (Lipinski definition) is 3. The van der Waals surface area contributed by atoms with Crippen LogP contribution in [0, 0.1) is 5.92 Å². The van der Waals surface area contributed by atoms with Crippen LogP contribution in [-0.4, -0.2) is 23.2 Å². The number of aliphatic hydroxyl groups is 1. The zero-order valence-corrected chi connectivity index (χ0v) is 10.1. The first-order chi connectivity index (χ1) is 8.09. The fourth-order valence-corrected chi connectivity index (χ4v) is 2.22. The highest BCUT2D eigenvalue weighted by Gasteiger charge is 2.32. The van der Waals surface area contributed by atoms with Crippen LogP contribution in [0.4, 0.5) is 0 Å². The standard InChI is InChI=1S/C13H19NO3/c1-10-2-5-13(16,6-3-10)9-14-12(15)11-4-7-17-8-11/h4,7-8,10,16H,2-3,5-6,9H2,1H3,(H,14,15). The molecular weight excluding hydrogens is 218 g/mol. The van der Waals surface area contributed by atoms with Crippen molar-refractivity contribution in [3.8, 4) is 0 Å². The predicted octanol–water partition coefficient (Wildman–Crippen LogP) is 1.95. The second-order valence-electron chi connectivity index (χ2n) is 5.10. The summed E-state index contributed by atoms with van der Waals surface area (Å²) in [5, 5.41) is 13.1. The lowest BCUT2D eigenvalue weighted by molar-refractivity contribution is -0.00540. The van der Waals surface area contributed by atoms with Crippen molar-refractivity contribution in [3.63, 3.8) is 0 Å². The van der Waals surface area contributed by atoms with Gasteiger partial charge in [-0.15, -0.1) is 0 Å². The molecule has 1 aliphatic rings. The average Bonchev–Trinajstić information content (AvgIpc) is 2.84. The van der Waals surface area contributed by atoms with Crippen molar-refractivity contribution in [2.45, 2.75) is 38.2 Å². The summed E-state index contributed by atoms with van der Waals surface area (Å²) in [6, 6.07) is 1.61. The number of hydrogen-bond donors (Lipinski definition) is 2. The van der Waals surface area contributed by atoms with Crippen LogP contribution in [0.1, 0.15) is 43.0 Å². The summed E-state index contributed by atoms with van der Waals surface area (Å²) >= 11 is 0. The Bertz CT molecular complexity index is 364. The summed E-state index contributed by atoms with van der Waals surface area (Å²) in [6.45, 7) is 2.52. The van der Waals surface area contributed by atoms with Gasteiger partial charge in [-0.25, -0.2) is 0 Å². The van der Waals surface area contributed by atoms with Gasteiger partial charge in [-0.3, -0.25) is 4.79 Å². The summed E-state index contributed by atoms with van der Waals surface area (Å²) in [5.41, 5.74) is -0.232. The van der Waals surface area contributed by atoms with Gasteiger partial charge in [0.25, 0.3) is 5.91 Å². The van der Waals surface area contributed by atoms with Gasteiger partial charge in [0.05, 0.1) is 17.4 Å². The van der Waals surface area contributed by atoms with Crippen molar-refractivity contribution in [2.24, 2.45) is 5.92 Å². The molecular formula is C13H19NO3. The highest BCUT2D eigenvalue weighted by molar-refractivity contribution is 5.93. The Morgan fingerprint density at radius 1 is 1.59 bits per heavy atom. The molecule has 2 rings (SSSR count). The van der Waals surface area contributed by atoms with Crippen LogP contribution in [0.15, 0.2) is 23.0 Å². The normalized spacial score (nSPS) is 28.9. The second kappa shape index (κ2) is 4.92. The molecule has 1 aliphatic carbocycles. The molecule has 4 heteroatoms. The maximum atomic E-state index is 11.7. The zero-order chi connectivity index (χ0) is 12.3. The zero-order valence-electron chi connectivity index (χ0n) is 10.1. The number of carbonyl (C=O) groups excluding carboxylic acids is 1. The van der Waals surface area contributed by atoms with Gasteiger partial charge in [-0.1, -0.05) is 6.92 Å². The van der Waals surface area contributed by atoms with Crippen LogP contribution >= 0.6 is 0 Å². The van der Waals surface area contributed by atoms with Crippen molar-refractivity contribution in [1.82, 2.24) is 5.32 Å². The van der Waals surface area contributed by atoms with E-state index in [1.807, 2.05) is 0 Å². The third kappa shape index (κ3) is 3.09. The third-order valence-corrected chi connectivity index (χ3v) is 3.57. The van der Waals surface area contributed by atoms with Gasteiger partial charge in [0.2, 0.25) is 0 Å². The minimum atomic E-state index is -0.730. The highest BCUT2D eigenvalue weighted by atomic mass is 16.3. The first kappa shape index (κ1) is 12.2. The Balaban J connectivity index is 1.83. The molecule has 1 saturated carbocycles. The Kier molecular flexibility index (Phi) is 3.52. The molecule has 0 bridgehead atoms. The predicted molar refractivity (Wildman–Crippen MR) is 63.6 cm³/mol. The minimum absolute atomic E-state index is 0.189. The summed E-state index contributed by atoms with van der Waals surface area (Å²) in [4.78, 5) is 11.7. The monoisotopic (exact) mass is 237 g/mol. The molecule has 0 aromatic carbocycles.